The second kappa shape index (κ2) is 4.65. The van der Waals surface area contributed by atoms with E-state index in [0.29, 0.717) is 12.8 Å². The molecule has 0 aromatic rings. The molecule has 4 nitrogen and oxygen atoms in total. The average Bonchev–Trinajstić information content (AvgIpc) is 2.24. The molecule has 0 aromatic carbocycles. The van der Waals surface area contributed by atoms with Crippen LogP contribution in [0.4, 0.5) is 0 Å². The van der Waals surface area contributed by atoms with Crippen molar-refractivity contribution in [3.05, 3.63) is 0 Å². The van der Waals surface area contributed by atoms with Crippen LogP contribution in [0.25, 0.3) is 0 Å². The van der Waals surface area contributed by atoms with Gasteiger partial charge in [0.1, 0.15) is 5.54 Å². The Morgan fingerprint density at radius 1 is 1.25 bits per heavy atom. The Morgan fingerprint density at radius 2 is 1.88 bits per heavy atom. The van der Waals surface area contributed by atoms with Crippen LogP contribution in [0.3, 0.4) is 0 Å². The normalized spacial score (nSPS) is 24.5. The fourth-order valence-corrected chi connectivity index (χ4v) is 3.33. The van der Waals surface area contributed by atoms with Crippen molar-refractivity contribution < 1.29 is 14.7 Å². The van der Waals surface area contributed by atoms with E-state index in [1.807, 2.05) is 11.8 Å². The maximum absolute atomic E-state index is 11.9. The predicted octanol–water partition coefficient (Wildman–Crippen LogP) is 1.25. The molecule has 0 bridgehead atoms. The molecule has 0 unspecified atom stereocenters. The first-order valence-corrected chi connectivity index (χ1v) is 6.93. The molecule has 1 heterocycles. The SMILES string of the molecule is O=C(NC1(C(=O)O)CCC1)C1CCSCC1. The Bertz CT molecular complexity index is 296. The van der Waals surface area contributed by atoms with Crippen LogP contribution in [0.1, 0.15) is 32.1 Å². The number of thioether (sulfide) groups is 1. The van der Waals surface area contributed by atoms with Crippen molar-refractivity contribution in [2.24, 2.45) is 5.92 Å². The van der Waals surface area contributed by atoms with Gasteiger partial charge in [0, 0.05) is 5.92 Å². The lowest BCUT2D eigenvalue weighted by Gasteiger charge is -2.39. The number of hydrogen-bond acceptors (Lipinski definition) is 3. The molecule has 1 aliphatic carbocycles. The summed E-state index contributed by atoms with van der Waals surface area (Å²) in [7, 11) is 0. The first-order valence-electron chi connectivity index (χ1n) is 5.77. The van der Waals surface area contributed by atoms with Crippen LogP contribution in [-0.4, -0.2) is 34.0 Å². The molecule has 1 amide bonds. The second-order valence-corrected chi connectivity index (χ2v) is 5.84. The minimum absolute atomic E-state index is 0.0260. The van der Waals surface area contributed by atoms with Crippen molar-refractivity contribution in [1.82, 2.24) is 5.32 Å². The third kappa shape index (κ3) is 2.19. The highest BCUT2D eigenvalue weighted by molar-refractivity contribution is 7.99. The van der Waals surface area contributed by atoms with Crippen molar-refractivity contribution in [3.8, 4) is 0 Å². The molecule has 1 saturated carbocycles. The number of carbonyl (C=O) groups excluding carboxylic acids is 1. The topological polar surface area (TPSA) is 66.4 Å². The Morgan fingerprint density at radius 3 is 2.31 bits per heavy atom. The largest absolute Gasteiger partial charge is 0.480 e. The van der Waals surface area contributed by atoms with Gasteiger partial charge in [0.2, 0.25) is 5.91 Å². The lowest BCUT2D eigenvalue weighted by Crippen LogP contribution is -2.60. The van der Waals surface area contributed by atoms with Crippen molar-refractivity contribution in [2.45, 2.75) is 37.6 Å². The van der Waals surface area contributed by atoms with E-state index >= 15 is 0 Å². The molecule has 0 spiro atoms. The summed E-state index contributed by atoms with van der Waals surface area (Å²) >= 11 is 1.86. The molecule has 5 heteroatoms. The molecule has 90 valence electrons. The summed E-state index contributed by atoms with van der Waals surface area (Å²) in [6.45, 7) is 0. The summed E-state index contributed by atoms with van der Waals surface area (Å²) in [5, 5.41) is 11.9. The summed E-state index contributed by atoms with van der Waals surface area (Å²) in [6.07, 6.45) is 3.82. The Balaban J connectivity index is 1.92. The highest BCUT2D eigenvalue weighted by atomic mass is 32.2. The Kier molecular flexibility index (Phi) is 3.42. The molecule has 1 aliphatic heterocycles. The predicted molar refractivity (Wildman–Crippen MR) is 62.4 cm³/mol. The highest BCUT2D eigenvalue weighted by Gasteiger charge is 2.46. The summed E-state index contributed by atoms with van der Waals surface area (Å²) in [4.78, 5) is 23.0. The molecule has 2 N–H and O–H groups in total. The number of carboxylic acids is 1. The average molecular weight is 243 g/mol. The molecule has 0 radical (unpaired) electrons. The van der Waals surface area contributed by atoms with Gasteiger partial charge in [-0.15, -0.1) is 0 Å². The van der Waals surface area contributed by atoms with Gasteiger partial charge in [0.15, 0.2) is 0 Å². The molecular formula is C11H17NO3S. The van der Waals surface area contributed by atoms with Gasteiger partial charge >= 0.3 is 5.97 Å². The number of amides is 1. The minimum Gasteiger partial charge on any atom is -0.480 e. The van der Waals surface area contributed by atoms with Crippen LogP contribution in [0.15, 0.2) is 0 Å². The van der Waals surface area contributed by atoms with E-state index in [1.165, 1.54) is 0 Å². The van der Waals surface area contributed by atoms with E-state index in [4.69, 9.17) is 5.11 Å². The van der Waals surface area contributed by atoms with Gasteiger partial charge in [-0.25, -0.2) is 4.79 Å². The van der Waals surface area contributed by atoms with Gasteiger partial charge in [-0.3, -0.25) is 4.79 Å². The maximum Gasteiger partial charge on any atom is 0.329 e. The molecule has 2 rings (SSSR count). The van der Waals surface area contributed by atoms with Crippen molar-refractivity contribution in [3.63, 3.8) is 0 Å². The number of rotatable bonds is 3. The van der Waals surface area contributed by atoms with E-state index in [1.54, 1.807) is 0 Å². The summed E-state index contributed by atoms with van der Waals surface area (Å²) in [5.41, 5.74) is -0.943. The van der Waals surface area contributed by atoms with Crippen LogP contribution >= 0.6 is 11.8 Å². The Labute approximate surface area is 99.2 Å². The zero-order valence-corrected chi connectivity index (χ0v) is 10.0. The number of hydrogen-bond donors (Lipinski definition) is 2. The number of aliphatic carboxylic acids is 1. The zero-order valence-electron chi connectivity index (χ0n) is 9.20. The minimum atomic E-state index is -0.943. The van der Waals surface area contributed by atoms with Crippen molar-refractivity contribution in [2.75, 3.05) is 11.5 Å². The van der Waals surface area contributed by atoms with Gasteiger partial charge in [-0.1, -0.05) is 0 Å². The van der Waals surface area contributed by atoms with Crippen molar-refractivity contribution >= 4 is 23.6 Å². The quantitative estimate of drug-likeness (QED) is 0.783. The molecule has 0 aromatic heterocycles. The van der Waals surface area contributed by atoms with E-state index in [2.05, 4.69) is 5.32 Å². The lowest BCUT2D eigenvalue weighted by atomic mass is 9.76. The fraction of sp³-hybridized carbons (Fsp3) is 0.818. The Hall–Kier alpha value is -0.710. The number of carbonyl (C=O) groups is 2. The second-order valence-electron chi connectivity index (χ2n) is 4.62. The summed E-state index contributed by atoms with van der Waals surface area (Å²) in [6, 6.07) is 0. The van der Waals surface area contributed by atoms with Crippen LogP contribution < -0.4 is 5.32 Å². The van der Waals surface area contributed by atoms with Crippen LogP contribution in [-0.2, 0) is 9.59 Å². The zero-order chi connectivity index (χ0) is 11.6. The molecular weight excluding hydrogens is 226 g/mol. The van der Waals surface area contributed by atoms with Crippen LogP contribution in [0.5, 0.6) is 0 Å². The first-order chi connectivity index (χ1) is 7.64. The fourth-order valence-electron chi connectivity index (χ4n) is 2.22. The molecule has 1 saturated heterocycles. The van der Waals surface area contributed by atoms with E-state index < -0.39 is 11.5 Å². The van der Waals surface area contributed by atoms with Gasteiger partial charge in [0.05, 0.1) is 0 Å². The van der Waals surface area contributed by atoms with Crippen LogP contribution in [0.2, 0.25) is 0 Å². The third-order valence-corrected chi connectivity index (χ3v) is 4.62. The number of nitrogens with one attached hydrogen (secondary N) is 1. The lowest BCUT2D eigenvalue weighted by molar-refractivity contribution is -0.152. The summed E-state index contributed by atoms with van der Waals surface area (Å²) in [5.74, 6) is 1.12. The number of carboxylic acid groups (broad SMARTS) is 1. The van der Waals surface area contributed by atoms with Gasteiger partial charge in [-0.2, -0.15) is 11.8 Å². The summed E-state index contributed by atoms with van der Waals surface area (Å²) < 4.78 is 0. The molecule has 16 heavy (non-hydrogen) atoms. The highest BCUT2D eigenvalue weighted by Crippen LogP contribution is 2.33. The third-order valence-electron chi connectivity index (χ3n) is 3.57. The standard InChI is InChI=1S/C11H17NO3S/c13-9(8-2-6-16-7-3-8)12-11(10(14)15)4-1-5-11/h8H,1-7H2,(H,12,13)(H,14,15). The maximum atomic E-state index is 11.9. The first kappa shape index (κ1) is 11.8. The molecule has 0 atom stereocenters. The van der Waals surface area contributed by atoms with E-state index in [0.717, 1.165) is 30.8 Å². The van der Waals surface area contributed by atoms with Gasteiger partial charge in [-0.05, 0) is 43.6 Å². The monoisotopic (exact) mass is 243 g/mol. The molecule has 2 fully saturated rings. The van der Waals surface area contributed by atoms with E-state index in [-0.39, 0.29) is 11.8 Å². The smallest absolute Gasteiger partial charge is 0.329 e. The molecule has 2 aliphatic rings. The van der Waals surface area contributed by atoms with E-state index in [9.17, 15) is 9.59 Å². The van der Waals surface area contributed by atoms with Gasteiger partial charge in [0.25, 0.3) is 0 Å². The van der Waals surface area contributed by atoms with Crippen molar-refractivity contribution in [1.29, 1.82) is 0 Å². The van der Waals surface area contributed by atoms with Gasteiger partial charge < -0.3 is 10.4 Å². The van der Waals surface area contributed by atoms with Crippen LogP contribution in [0, 0.1) is 5.92 Å².